The maximum atomic E-state index is 12.5. The first kappa shape index (κ1) is 16.0. The van der Waals surface area contributed by atoms with Gasteiger partial charge in [-0.3, -0.25) is 4.79 Å². The maximum Gasteiger partial charge on any atom is 0.224 e. The molecule has 0 atom stereocenters. The van der Waals surface area contributed by atoms with Crippen LogP contribution >= 0.6 is 11.3 Å². The molecule has 6 heteroatoms. The zero-order valence-corrected chi connectivity index (χ0v) is 15.0. The van der Waals surface area contributed by atoms with Crippen LogP contribution in [0.3, 0.4) is 0 Å². The van der Waals surface area contributed by atoms with Gasteiger partial charge in [-0.25, -0.2) is 9.97 Å². The Morgan fingerprint density at radius 2 is 2.12 bits per heavy atom. The number of anilines is 1. The van der Waals surface area contributed by atoms with Crippen LogP contribution in [0.1, 0.15) is 22.4 Å². The van der Waals surface area contributed by atoms with Crippen LogP contribution in [0, 0.1) is 6.92 Å². The number of carbonyl (C=O) groups excluding carboxylic acids is 1. The Morgan fingerprint density at radius 1 is 1.28 bits per heavy atom. The summed E-state index contributed by atoms with van der Waals surface area (Å²) in [6.07, 6.45) is 2.98. The monoisotopic (exact) mass is 352 g/mol. The molecule has 0 fully saturated rings. The molecular formula is C19H20N4OS. The molecule has 2 aromatic heterocycles. The third kappa shape index (κ3) is 3.35. The summed E-state index contributed by atoms with van der Waals surface area (Å²) in [4.78, 5) is 25.3. The number of aromatic nitrogens is 2. The number of nitrogens with zero attached hydrogens (tertiary/aromatic N) is 3. The lowest BCUT2D eigenvalue weighted by atomic mass is 10.00. The molecule has 1 N–H and O–H groups in total. The van der Waals surface area contributed by atoms with Crippen molar-refractivity contribution >= 4 is 33.3 Å². The molecule has 3 heterocycles. The van der Waals surface area contributed by atoms with Crippen molar-refractivity contribution in [1.29, 1.82) is 0 Å². The third-order valence-electron chi connectivity index (χ3n) is 4.57. The summed E-state index contributed by atoms with van der Waals surface area (Å²) in [5.74, 6) is 1.000. The van der Waals surface area contributed by atoms with E-state index in [9.17, 15) is 4.79 Å². The molecule has 0 saturated heterocycles. The molecule has 0 aliphatic carbocycles. The van der Waals surface area contributed by atoms with Crippen molar-refractivity contribution in [2.75, 3.05) is 18.4 Å². The average molecular weight is 352 g/mol. The summed E-state index contributed by atoms with van der Waals surface area (Å²) in [6, 6.07) is 10.5. The molecule has 0 bridgehead atoms. The minimum Gasteiger partial charge on any atom is -0.369 e. The van der Waals surface area contributed by atoms with Gasteiger partial charge in [0.15, 0.2) is 0 Å². The van der Waals surface area contributed by atoms with E-state index >= 15 is 0 Å². The topological polar surface area (TPSA) is 58.1 Å². The first-order chi connectivity index (χ1) is 12.2. The lowest BCUT2D eigenvalue weighted by Crippen LogP contribution is -2.36. The summed E-state index contributed by atoms with van der Waals surface area (Å²) in [5, 5.41) is 4.33. The summed E-state index contributed by atoms with van der Waals surface area (Å²) in [6.45, 7) is 4.17. The Morgan fingerprint density at radius 3 is 3.00 bits per heavy atom. The van der Waals surface area contributed by atoms with Gasteiger partial charge in [0.05, 0.1) is 5.39 Å². The zero-order chi connectivity index (χ0) is 17.2. The van der Waals surface area contributed by atoms with Crippen molar-refractivity contribution < 1.29 is 4.79 Å². The van der Waals surface area contributed by atoms with E-state index in [-0.39, 0.29) is 5.91 Å². The van der Waals surface area contributed by atoms with Crippen LogP contribution in [0.2, 0.25) is 0 Å². The molecule has 0 saturated carbocycles. The molecular weight excluding hydrogens is 332 g/mol. The Kier molecular flexibility index (Phi) is 4.36. The second kappa shape index (κ2) is 6.80. The maximum absolute atomic E-state index is 12.5. The molecule has 25 heavy (non-hydrogen) atoms. The van der Waals surface area contributed by atoms with Gasteiger partial charge < -0.3 is 10.2 Å². The van der Waals surface area contributed by atoms with Gasteiger partial charge in [0, 0.05) is 30.9 Å². The number of benzene rings is 1. The minimum absolute atomic E-state index is 0.189. The molecule has 1 aromatic carbocycles. The number of fused-ring (bicyclic) bond motifs is 2. The van der Waals surface area contributed by atoms with Gasteiger partial charge in [0.1, 0.15) is 17.0 Å². The Balaban J connectivity index is 1.36. The molecule has 0 radical (unpaired) electrons. The SMILES string of the molecule is Cc1cc2c(NCCC(=O)N3CCc4ccccc4C3)ncnc2s1. The fourth-order valence-electron chi connectivity index (χ4n) is 3.27. The van der Waals surface area contributed by atoms with Gasteiger partial charge in [-0.15, -0.1) is 11.3 Å². The van der Waals surface area contributed by atoms with E-state index in [0.29, 0.717) is 13.0 Å². The lowest BCUT2D eigenvalue weighted by molar-refractivity contribution is -0.131. The molecule has 1 amide bonds. The number of rotatable bonds is 4. The first-order valence-electron chi connectivity index (χ1n) is 8.50. The highest BCUT2D eigenvalue weighted by Gasteiger charge is 2.20. The molecule has 1 aliphatic heterocycles. The highest BCUT2D eigenvalue weighted by atomic mass is 32.1. The molecule has 0 spiro atoms. The normalized spacial score (nSPS) is 13.7. The molecule has 4 rings (SSSR count). The Labute approximate surface area is 150 Å². The highest BCUT2D eigenvalue weighted by Crippen LogP contribution is 2.27. The lowest BCUT2D eigenvalue weighted by Gasteiger charge is -2.29. The number of carbonyl (C=O) groups is 1. The average Bonchev–Trinajstić information content (AvgIpc) is 3.02. The van der Waals surface area contributed by atoms with Crippen LogP contribution in [0.25, 0.3) is 10.2 Å². The largest absolute Gasteiger partial charge is 0.369 e. The Bertz CT molecular complexity index is 921. The van der Waals surface area contributed by atoms with Crippen molar-refractivity contribution in [3.05, 3.63) is 52.7 Å². The van der Waals surface area contributed by atoms with Crippen molar-refractivity contribution in [3.8, 4) is 0 Å². The second-order valence-electron chi connectivity index (χ2n) is 6.31. The minimum atomic E-state index is 0.189. The van der Waals surface area contributed by atoms with Crippen molar-refractivity contribution in [2.24, 2.45) is 0 Å². The number of hydrogen-bond donors (Lipinski definition) is 1. The number of thiophene rings is 1. The fourth-order valence-corrected chi connectivity index (χ4v) is 4.12. The van der Waals surface area contributed by atoms with E-state index < -0.39 is 0 Å². The standard InChI is InChI=1S/C19H20N4OS/c1-13-10-16-18(21-12-22-19(16)25-13)20-8-6-17(24)23-9-7-14-4-2-3-5-15(14)11-23/h2-5,10,12H,6-9,11H2,1H3,(H,20,21,22). The van der Waals surface area contributed by atoms with Gasteiger partial charge in [0.25, 0.3) is 0 Å². The van der Waals surface area contributed by atoms with Crippen LogP contribution in [-0.4, -0.2) is 33.9 Å². The van der Waals surface area contributed by atoms with Crippen LogP contribution in [0.4, 0.5) is 5.82 Å². The van der Waals surface area contributed by atoms with Crippen LogP contribution in [-0.2, 0) is 17.8 Å². The predicted octanol–water partition coefficient (Wildman–Crippen LogP) is 3.39. The first-order valence-corrected chi connectivity index (χ1v) is 9.32. The van der Waals surface area contributed by atoms with Gasteiger partial charge >= 0.3 is 0 Å². The summed E-state index contributed by atoms with van der Waals surface area (Å²) in [5.41, 5.74) is 2.63. The second-order valence-corrected chi connectivity index (χ2v) is 7.54. The number of aryl methyl sites for hydroxylation is 1. The van der Waals surface area contributed by atoms with E-state index in [1.807, 2.05) is 11.0 Å². The van der Waals surface area contributed by atoms with Crippen LogP contribution in [0.5, 0.6) is 0 Å². The van der Waals surface area contributed by atoms with Gasteiger partial charge in [0.2, 0.25) is 5.91 Å². The van der Waals surface area contributed by atoms with E-state index in [1.165, 1.54) is 16.0 Å². The van der Waals surface area contributed by atoms with Crippen molar-refractivity contribution in [1.82, 2.24) is 14.9 Å². The fraction of sp³-hybridized carbons (Fsp3) is 0.316. The van der Waals surface area contributed by atoms with Crippen LogP contribution in [0.15, 0.2) is 36.7 Å². The molecule has 1 aliphatic rings. The van der Waals surface area contributed by atoms with Gasteiger partial charge in [-0.2, -0.15) is 0 Å². The van der Waals surface area contributed by atoms with Crippen LogP contribution < -0.4 is 5.32 Å². The van der Waals surface area contributed by atoms with Gasteiger partial charge in [-0.1, -0.05) is 24.3 Å². The number of nitrogens with one attached hydrogen (secondary N) is 1. The van der Waals surface area contributed by atoms with E-state index in [0.717, 1.165) is 35.5 Å². The molecule has 5 nitrogen and oxygen atoms in total. The Hall–Kier alpha value is -2.47. The van der Waals surface area contributed by atoms with E-state index in [1.54, 1.807) is 17.7 Å². The highest BCUT2D eigenvalue weighted by molar-refractivity contribution is 7.18. The third-order valence-corrected chi connectivity index (χ3v) is 5.53. The number of amides is 1. The van der Waals surface area contributed by atoms with E-state index in [4.69, 9.17) is 0 Å². The molecule has 0 unspecified atom stereocenters. The van der Waals surface area contributed by atoms with Crippen molar-refractivity contribution in [3.63, 3.8) is 0 Å². The summed E-state index contributed by atoms with van der Waals surface area (Å²) >= 11 is 1.66. The quantitative estimate of drug-likeness (QED) is 0.782. The molecule has 128 valence electrons. The van der Waals surface area contributed by atoms with Crippen molar-refractivity contribution in [2.45, 2.75) is 26.3 Å². The molecule has 3 aromatic rings. The summed E-state index contributed by atoms with van der Waals surface area (Å²) < 4.78 is 0. The smallest absolute Gasteiger partial charge is 0.224 e. The number of hydrogen-bond acceptors (Lipinski definition) is 5. The summed E-state index contributed by atoms with van der Waals surface area (Å²) in [7, 11) is 0. The zero-order valence-electron chi connectivity index (χ0n) is 14.2. The van der Waals surface area contributed by atoms with E-state index in [2.05, 4.69) is 46.5 Å². The predicted molar refractivity (Wildman–Crippen MR) is 101 cm³/mol. The van der Waals surface area contributed by atoms with Gasteiger partial charge in [-0.05, 0) is 30.5 Å².